The molecule has 0 aliphatic heterocycles. The van der Waals surface area contributed by atoms with Gasteiger partial charge in [0.15, 0.2) is 0 Å². The molecule has 0 aromatic carbocycles. The first-order chi connectivity index (χ1) is 7.24. The van der Waals surface area contributed by atoms with Crippen molar-refractivity contribution in [3.8, 4) is 0 Å². The molecule has 0 spiro atoms. The minimum absolute atomic E-state index is 0.495. The van der Waals surface area contributed by atoms with Gasteiger partial charge in [0.1, 0.15) is 0 Å². The molecular weight excluding hydrogens is 182 g/mol. The van der Waals surface area contributed by atoms with Gasteiger partial charge in [0, 0.05) is 6.04 Å². The molecule has 0 saturated heterocycles. The highest BCUT2D eigenvalue weighted by molar-refractivity contribution is 4.91. The lowest BCUT2D eigenvalue weighted by Gasteiger charge is -2.37. The molecule has 15 heavy (non-hydrogen) atoms. The van der Waals surface area contributed by atoms with Crippen LogP contribution in [-0.4, -0.2) is 6.04 Å². The molecule has 0 aromatic rings. The maximum atomic E-state index is 6.16. The molecular formula is C14H27N. The van der Waals surface area contributed by atoms with Crippen molar-refractivity contribution in [2.45, 2.75) is 64.8 Å². The lowest BCUT2D eigenvalue weighted by atomic mass is 9.68. The second-order valence-corrected chi connectivity index (χ2v) is 5.88. The van der Waals surface area contributed by atoms with Crippen molar-refractivity contribution >= 4 is 0 Å². The molecule has 2 N–H and O–H groups in total. The SMILES string of the molecule is CCC1CCCCC1C1CCC(N)C1C. The van der Waals surface area contributed by atoms with Crippen LogP contribution in [0, 0.1) is 23.7 Å². The molecule has 0 heterocycles. The van der Waals surface area contributed by atoms with Gasteiger partial charge in [-0.15, -0.1) is 0 Å². The van der Waals surface area contributed by atoms with Crippen LogP contribution >= 0.6 is 0 Å². The zero-order valence-corrected chi connectivity index (χ0v) is 10.4. The first kappa shape index (κ1) is 11.4. The molecule has 0 amide bonds. The molecule has 1 heteroatoms. The summed E-state index contributed by atoms with van der Waals surface area (Å²) in [5.74, 6) is 3.75. The predicted molar refractivity (Wildman–Crippen MR) is 65.6 cm³/mol. The maximum Gasteiger partial charge on any atom is 0.00673 e. The molecule has 5 atom stereocenters. The van der Waals surface area contributed by atoms with E-state index >= 15 is 0 Å². The van der Waals surface area contributed by atoms with Crippen molar-refractivity contribution < 1.29 is 0 Å². The van der Waals surface area contributed by atoms with Crippen LogP contribution in [0.25, 0.3) is 0 Å². The molecule has 2 aliphatic rings. The van der Waals surface area contributed by atoms with Gasteiger partial charge in [0.05, 0.1) is 0 Å². The molecule has 0 radical (unpaired) electrons. The molecule has 2 rings (SSSR count). The molecule has 88 valence electrons. The highest BCUT2D eigenvalue weighted by atomic mass is 14.7. The van der Waals surface area contributed by atoms with E-state index in [4.69, 9.17) is 5.73 Å². The summed E-state index contributed by atoms with van der Waals surface area (Å²) in [6.45, 7) is 4.77. The van der Waals surface area contributed by atoms with Crippen molar-refractivity contribution in [3.63, 3.8) is 0 Å². The van der Waals surface area contributed by atoms with E-state index in [2.05, 4.69) is 13.8 Å². The monoisotopic (exact) mass is 209 g/mol. The molecule has 0 aromatic heterocycles. The summed E-state index contributed by atoms with van der Waals surface area (Å²) < 4.78 is 0. The summed E-state index contributed by atoms with van der Waals surface area (Å²) in [7, 11) is 0. The zero-order chi connectivity index (χ0) is 10.8. The highest BCUT2D eigenvalue weighted by Gasteiger charge is 2.39. The third kappa shape index (κ3) is 2.22. The van der Waals surface area contributed by atoms with Gasteiger partial charge in [-0.1, -0.05) is 39.5 Å². The van der Waals surface area contributed by atoms with Crippen molar-refractivity contribution in [3.05, 3.63) is 0 Å². The number of nitrogens with two attached hydrogens (primary N) is 1. The van der Waals surface area contributed by atoms with Gasteiger partial charge >= 0.3 is 0 Å². The Balaban J connectivity index is 2.01. The van der Waals surface area contributed by atoms with E-state index in [0.717, 1.165) is 23.7 Å². The lowest BCUT2D eigenvalue weighted by molar-refractivity contribution is 0.130. The van der Waals surface area contributed by atoms with Gasteiger partial charge in [0.25, 0.3) is 0 Å². The number of rotatable bonds is 2. The van der Waals surface area contributed by atoms with Crippen LogP contribution in [0.5, 0.6) is 0 Å². The minimum Gasteiger partial charge on any atom is -0.327 e. The fraction of sp³-hybridized carbons (Fsp3) is 1.00. The topological polar surface area (TPSA) is 26.0 Å². The van der Waals surface area contributed by atoms with E-state index in [1.165, 1.54) is 44.9 Å². The smallest absolute Gasteiger partial charge is 0.00673 e. The van der Waals surface area contributed by atoms with Crippen molar-refractivity contribution in [1.82, 2.24) is 0 Å². The summed E-state index contributed by atoms with van der Waals surface area (Å²) in [5.41, 5.74) is 6.16. The fourth-order valence-corrected chi connectivity index (χ4v) is 4.14. The van der Waals surface area contributed by atoms with E-state index < -0.39 is 0 Å². The maximum absolute atomic E-state index is 6.16. The van der Waals surface area contributed by atoms with Gasteiger partial charge in [-0.05, 0) is 42.9 Å². The average molecular weight is 209 g/mol. The third-order valence-electron chi connectivity index (χ3n) is 5.23. The molecule has 2 saturated carbocycles. The van der Waals surface area contributed by atoms with Gasteiger partial charge in [-0.2, -0.15) is 0 Å². The van der Waals surface area contributed by atoms with E-state index in [1.807, 2.05) is 0 Å². The summed E-state index contributed by atoms with van der Waals surface area (Å²) in [4.78, 5) is 0. The Kier molecular flexibility index (Phi) is 3.71. The quantitative estimate of drug-likeness (QED) is 0.739. The average Bonchev–Trinajstić information content (AvgIpc) is 2.60. The van der Waals surface area contributed by atoms with E-state index in [1.54, 1.807) is 0 Å². The molecule has 5 unspecified atom stereocenters. The Bertz CT molecular complexity index is 202. The van der Waals surface area contributed by atoms with E-state index in [-0.39, 0.29) is 0 Å². The Labute approximate surface area is 94.8 Å². The Hall–Kier alpha value is -0.0400. The zero-order valence-electron chi connectivity index (χ0n) is 10.4. The van der Waals surface area contributed by atoms with Crippen LogP contribution < -0.4 is 5.73 Å². The normalized spacial score (nSPS) is 47.0. The first-order valence-corrected chi connectivity index (χ1v) is 6.99. The van der Waals surface area contributed by atoms with Gasteiger partial charge < -0.3 is 5.73 Å². The summed E-state index contributed by atoms with van der Waals surface area (Å²) >= 11 is 0. The first-order valence-electron chi connectivity index (χ1n) is 6.99. The molecule has 2 fully saturated rings. The van der Waals surface area contributed by atoms with Crippen LogP contribution in [0.1, 0.15) is 58.8 Å². The fourth-order valence-electron chi connectivity index (χ4n) is 4.14. The largest absolute Gasteiger partial charge is 0.327 e. The van der Waals surface area contributed by atoms with Gasteiger partial charge in [-0.3, -0.25) is 0 Å². The number of hydrogen-bond donors (Lipinski definition) is 1. The van der Waals surface area contributed by atoms with Crippen molar-refractivity contribution in [2.24, 2.45) is 29.4 Å². The van der Waals surface area contributed by atoms with Gasteiger partial charge in [0.2, 0.25) is 0 Å². The Morgan fingerprint density at radius 2 is 1.73 bits per heavy atom. The van der Waals surface area contributed by atoms with Gasteiger partial charge in [-0.25, -0.2) is 0 Å². The van der Waals surface area contributed by atoms with Crippen molar-refractivity contribution in [1.29, 1.82) is 0 Å². The Morgan fingerprint density at radius 1 is 1.00 bits per heavy atom. The van der Waals surface area contributed by atoms with Crippen LogP contribution in [0.2, 0.25) is 0 Å². The minimum atomic E-state index is 0.495. The van der Waals surface area contributed by atoms with E-state index in [9.17, 15) is 0 Å². The summed E-state index contributed by atoms with van der Waals surface area (Å²) in [6.07, 6.45) is 9.99. The van der Waals surface area contributed by atoms with E-state index in [0.29, 0.717) is 6.04 Å². The third-order valence-corrected chi connectivity index (χ3v) is 5.23. The standard InChI is InChI=1S/C14H27N/c1-3-11-6-4-5-7-13(11)12-8-9-14(15)10(12)2/h10-14H,3-9,15H2,1-2H3. The lowest BCUT2D eigenvalue weighted by Crippen LogP contribution is -2.32. The van der Waals surface area contributed by atoms with Crippen LogP contribution in [0.4, 0.5) is 0 Å². The van der Waals surface area contributed by atoms with Crippen molar-refractivity contribution in [2.75, 3.05) is 0 Å². The number of hydrogen-bond acceptors (Lipinski definition) is 1. The predicted octanol–water partition coefficient (Wildman–Crippen LogP) is 3.58. The molecule has 1 nitrogen and oxygen atoms in total. The van der Waals surface area contributed by atoms with Crippen LogP contribution in [0.3, 0.4) is 0 Å². The van der Waals surface area contributed by atoms with Crippen LogP contribution in [-0.2, 0) is 0 Å². The summed E-state index contributed by atoms with van der Waals surface area (Å²) in [5, 5.41) is 0. The summed E-state index contributed by atoms with van der Waals surface area (Å²) in [6, 6.07) is 0.495. The molecule has 0 bridgehead atoms. The Morgan fingerprint density at radius 3 is 2.33 bits per heavy atom. The highest BCUT2D eigenvalue weighted by Crippen LogP contribution is 2.45. The second kappa shape index (κ2) is 4.86. The second-order valence-electron chi connectivity index (χ2n) is 5.88. The molecule has 2 aliphatic carbocycles. The van der Waals surface area contributed by atoms with Crippen LogP contribution in [0.15, 0.2) is 0 Å².